The Kier molecular flexibility index (Phi) is 4.26. The molecule has 0 unspecified atom stereocenters. The SMILES string of the molecule is Cc1cc(-c2ccc(S(=O)(=O)N3CCC[C@@]4(CCC[C@H]4O)C3)s2)on1. The zero-order chi connectivity index (χ0) is 17.7. The summed E-state index contributed by atoms with van der Waals surface area (Å²) in [6, 6.07) is 5.20. The molecule has 2 fully saturated rings. The van der Waals surface area contributed by atoms with Gasteiger partial charge in [0, 0.05) is 24.6 Å². The summed E-state index contributed by atoms with van der Waals surface area (Å²) in [4.78, 5) is 0.756. The second-order valence-electron chi connectivity index (χ2n) is 7.16. The first-order chi connectivity index (χ1) is 11.9. The minimum atomic E-state index is -3.55. The van der Waals surface area contributed by atoms with E-state index in [-0.39, 0.29) is 11.5 Å². The van der Waals surface area contributed by atoms with Crippen LogP contribution in [0.25, 0.3) is 10.6 Å². The van der Waals surface area contributed by atoms with E-state index in [1.807, 2.05) is 6.92 Å². The van der Waals surface area contributed by atoms with Gasteiger partial charge in [0.1, 0.15) is 4.21 Å². The monoisotopic (exact) mass is 382 g/mol. The lowest BCUT2D eigenvalue weighted by Crippen LogP contribution is -2.49. The first kappa shape index (κ1) is 17.2. The largest absolute Gasteiger partial charge is 0.392 e. The Bertz CT molecular complexity index is 873. The van der Waals surface area contributed by atoms with Crippen molar-refractivity contribution in [2.24, 2.45) is 5.41 Å². The maximum Gasteiger partial charge on any atom is 0.252 e. The summed E-state index contributed by atoms with van der Waals surface area (Å²) < 4.78 is 33.3. The molecule has 0 radical (unpaired) electrons. The number of aryl methyl sites for hydroxylation is 1. The van der Waals surface area contributed by atoms with E-state index in [1.54, 1.807) is 22.5 Å². The fourth-order valence-corrected chi connectivity index (χ4v) is 7.10. The van der Waals surface area contributed by atoms with Gasteiger partial charge in [-0.2, -0.15) is 4.31 Å². The number of aromatic nitrogens is 1. The number of sulfonamides is 1. The molecule has 0 amide bonds. The van der Waals surface area contributed by atoms with Crippen molar-refractivity contribution in [1.82, 2.24) is 9.46 Å². The lowest BCUT2D eigenvalue weighted by Gasteiger charge is -2.41. The molecule has 1 saturated carbocycles. The van der Waals surface area contributed by atoms with Gasteiger partial charge in [0.05, 0.1) is 16.7 Å². The van der Waals surface area contributed by atoms with Crippen LogP contribution in [0, 0.1) is 12.3 Å². The third-order valence-corrected chi connectivity index (χ3v) is 8.89. The van der Waals surface area contributed by atoms with Crippen molar-refractivity contribution in [2.75, 3.05) is 13.1 Å². The van der Waals surface area contributed by atoms with Crippen LogP contribution in [-0.2, 0) is 10.0 Å². The molecule has 8 heteroatoms. The van der Waals surface area contributed by atoms with Crippen molar-refractivity contribution in [1.29, 1.82) is 0 Å². The third-order valence-electron chi connectivity index (χ3n) is 5.48. The number of hydrogen-bond acceptors (Lipinski definition) is 6. The highest BCUT2D eigenvalue weighted by Gasteiger charge is 2.47. The molecular formula is C17H22N2O4S2. The minimum Gasteiger partial charge on any atom is -0.392 e. The summed E-state index contributed by atoms with van der Waals surface area (Å²) in [5.74, 6) is 0.588. The van der Waals surface area contributed by atoms with E-state index in [0.717, 1.165) is 42.7 Å². The topological polar surface area (TPSA) is 83.6 Å². The maximum absolute atomic E-state index is 13.1. The van der Waals surface area contributed by atoms with E-state index < -0.39 is 10.0 Å². The van der Waals surface area contributed by atoms with Gasteiger partial charge in [0.2, 0.25) is 0 Å². The fraction of sp³-hybridized carbons (Fsp3) is 0.588. The van der Waals surface area contributed by atoms with E-state index in [0.29, 0.717) is 23.1 Å². The van der Waals surface area contributed by atoms with Gasteiger partial charge >= 0.3 is 0 Å². The van der Waals surface area contributed by atoms with Crippen LogP contribution in [0.1, 0.15) is 37.8 Å². The zero-order valence-corrected chi connectivity index (χ0v) is 15.8. The van der Waals surface area contributed by atoms with E-state index in [1.165, 1.54) is 11.3 Å². The Morgan fingerprint density at radius 2 is 2.16 bits per heavy atom. The number of aliphatic hydroxyl groups is 1. The number of rotatable bonds is 3. The number of thiophene rings is 1. The molecule has 3 heterocycles. The Balaban J connectivity index is 1.60. The first-order valence-corrected chi connectivity index (χ1v) is 10.9. The molecule has 1 aliphatic carbocycles. The van der Waals surface area contributed by atoms with Crippen molar-refractivity contribution < 1.29 is 18.0 Å². The van der Waals surface area contributed by atoms with E-state index in [9.17, 15) is 13.5 Å². The van der Waals surface area contributed by atoms with Crippen LogP contribution in [0.15, 0.2) is 26.9 Å². The number of piperidine rings is 1. The molecule has 4 rings (SSSR count). The van der Waals surface area contributed by atoms with Gasteiger partial charge in [0.25, 0.3) is 10.0 Å². The van der Waals surface area contributed by atoms with Crippen LogP contribution in [-0.4, -0.2) is 42.2 Å². The van der Waals surface area contributed by atoms with Crippen molar-refractivity contribution >= 4 is 21.4 Å². The minimum absolute atomic E-state index is 0.256. The quantitative estimate of drug-likeness (QED) is 0.882. The molecule has 0 aromatic carbocycles. The molecule has 2 aromatic heterocycles. The third kappa shape index (κ3) is 2.95. The van der Waals surface area contributed by atoms with Crippen molar-refractivity contribution in [2.45, 2.75) is 49.3 Å². The second kappa shape index (κ2) is 6.19. The van der Waals surface area contributed by atoms with Crippen LogP contribution in [0.4, 0.5) is 0 Å². The Labute approximate surface area is 151 Å². The predicted molar refractivity (Wildman–Crippen MR) is 94.8 cm³/mol. The highest BCUT2D eigenvalue weighted by molar-refractivity contribution is 7.91. The van der Waals surface area contributed by atoms with Crippen molar-refractivity contribution in [3.8, 4) is 10.6 Å². The van der Waals surface area contributed by atoms with Gasteiger partial charge < -0.3 is 9.63 Å². The van der Waals surface area contributed by atoms with Gasteiger partial charge in [-0.05, 0) is 44.7 Å². The molecule has 136 valence electrons. The molecule has 0 bridgehead atoms. The average molecular weight is 383 g/mol. The van der Waals surface area contributed by atoms with Gasteiger partial charge in [-0.15, -0.1) is 11.3 Å². The smallest absolute Gasteiger partial charge is 0.252 e. The molecule has 1 aliphatic heterocycles. The Hall–Kier alpha value is -1.22. The van der Waals surface area contributed by atoms with Crippen LogP contribution in [0.5, 0.6) is 0 Å². The molecule has 1 N–H and O–H groups in total. The zero-order valence-electron chi connectivity index (χ0n) is 14.1. The molecule has 2 aromatic rings. The highest BCUT2D eigenvalue weighted by Crippen LogP contribution is 2.46. The summed E-state index contributed by atoms with van der Waals surface area (Å²) in [6.07, 6.45) is 3.99. The number of hydrogen-bond donors (Lipinski definition) is 1. The molecule has 2 atom stereocenters. The summed E-state index contributed by atoms with van der Waals surface area (Å²) in [5.41, 5.74) is 0.508. The van der Waals surface area contributed by atoms with Gasteiger partial charge in [-0.1, -0.05) is 11.6 Å². The molecule has 1 spiro atoms. The lowest BCUT2D eigenvalue weighted by atomic mass is 9.77. The molecule has 2 aliphatic rings. The van der Waals surface area contributed by atoms with Crippen LogP contribution < -0.4 is 0 Å². The second-order valence-corrected chi connectivity index (χ2v) is 10.4. The van der Waals surface area contributed by atoms with Gasteiger partial charge in [-0.3, -0.25) is 0 Å². The van der Waals surface area contributed by atoms with E-state index >= 15 is 0 Å². The summed E-state index contributed by atoms with van der Waals surface area (Å²) in [5, 5.41) is 14.2. The molecule has 1 saturated heterocycles. The van der Waals surface area contributed by atoms with Gasteiger partial charge in [0.15, 0.2) is 5.76 Å². The predicted octanol–water partition coefficient (Wildman–Crippen LogP) is 3.03. The standard InChI is InChI=1S/C17H22N2O4S2/c1-12-10-13(23-18-12)14-5-6-16(24-14)25(21,22)19-9-3-8-17(11-19)7-2-4-15(17)20/h5-6,10,15,20H,2-4,7-9,11H2,1H3/t15-,17+/m1/s1. The molecule has 6 nitrogen and oxygen atoms in total. The molecule has 25 heavy (non-hydrogen) atoms. The summed E-state index contributed by atoms with van der Waals surface area (Å²) in [6.45, 7) is 2.77. The average Bonchev–Trinajstić information content (AvgIpc) is 3.30. The number of nitrogens with zero attached hydrogens (tertiary/aromatic N) is 2. The van der Waals surface area contributed by atoms with E-state index in [4.69, 9.17) is 4.52 Å². The Morgan fingerprint density at radius 1 is 1.36 bits per heavy atom. The van der Waals surface area contributed by atoms with E-state index in [2.05, 4.69) is 5.16 Å². The lowest BCUT2D eigenvalue weighted by molar-refractivity contribution is 0.0127. The maximum atomic E-state index is 13.1. The Morgan fingerprint density at radius 3 is 2.84 bits per heavy atom. The van der Waals surface area contributed by atoms with Crippen LogP contribution in [0.3, 0.4) is 0 Å². The summed E-state index contributed by atoms with van der Waals surface area (Å²) >= 11 is 1.21. The van der Waals surface area contributed by atoms with Crippen molar-refractivity contribution in [3.63, 3.8) is 0 Å². The fourth-order valence-electron chi connectivity index (χ4n) is 4.12. The van der Waals surface area contributed by atoms with Crippen LogP contribution in [0.2, 0.25) is 0 Å². The highest BCUT2D eigenvalue weighted by atomic mass is 32.2. The van der Waals surface area contributed by atoms with Crippen molar-refractivity contribution in [3.05, 3.63) is 23.9 Å². The first-order valence-electron chi connectivity index (χ1n) is 8.62. The normalized spacial score (nSPS) is 28.0. The summed E-state index contributed by atoms with van der Waals surface area (Å²) in [7, 11) is -3.55. The number of aliphatic hydroxyl groups excluding tert-OH is 1. The van der Waals surface area contributed by atoms with Gasteiger partial charge in [-0.25, -0.2) is 8.42 Å². The molecular weight excluding hydrogens is 360 g/mol. The van der Waals surface area contributed by atoms with Crippen LogP contribution >= 0.6 is 11.3 Å².